The number of benzene rings is 3. The van der Waals surface area contributed by atoms with Gasteiger partial charge >= 0.3 is 6.03 Å². The zero-order valence-corrected chi connectivity index (χ0v) is 19.7. The third-order valence-electron chi connectivity index (χ3n) is 6.16. The molecular weight excluding hydrogens is 455 g/mol. The molecule has 0 bridgehead atoms. The van der Waals surface area contributed by atoms with Gasteiger partial charge in [0.2, 0.25) is 0 Å². The zero-order valence-electron chi connectivity index (χ0n) is 18.2. The predicted molar refractivity (Wildman–Crippen MR) is 132 cm³/mol. The van der Waals surface area contributed by atoms with Crippen molar-refractivity contribution in [2.75, 3.05) is 11.9 Å². The number of fused-ring (bicyclic) bond motifs is 1. The van der Waals surface area contributed by atoms with Gasteiger partial charge in [0.25, 0.3) is 0 Å². The number of halogens is 2. The number of rotatable bonds is 4. The molecule has 33 heavy (non-hydrogen) atoms. The summed E-state index contributed by atoms with van der Waals surface area (Å²) in [4.78, 5) is 18.7. The molecule has 1 aliphatic rings. The van der Waals surface area contributed by atoms with Gasteiger partial charge < -0.3 is 9.88 Å². The van der Waals surface area contributed by atoms with Crippen molar-refractivity contribution in [1.82, 2.24) is 14.9 Å². The number of nitrogens with one attached hydrogen (secondary N) is 1. The van der Waals surface area contributed by atoms with Gasteiger partial charge in [-0.2, -0.15) is 0 Å². The maximum atomic E-state index is 12.7. The first-order valence-corrected chi connectivity index (χ1v) is 11.3. The number of hydrogen-bond acceptors (Lipinski definition) is 2. The van der Waals surface area contributed by atoms with E-state index in [-0.39, 0.29) is 18.0 Å². The first-order chi connectivity index (χ1) is 15.9. The molecule has 2 heterocycles. The van der Waals surface area contributed by atoms with Crippen molar-refractivity contribution in [2.24, 2.45) is 7.05 Å². The second kappa shape index (κ2) is 8.58. The number of anilines is 1. The van der Waals surface area contributed by atoms with E-state index in [0.29, 0.717) is 10.0 Å². The molecule has 166 valence electrons. The van der Waals surface area contributed by atoms with E-state index in [1.165, 1.54) is 0 Å². The minimum absolute atomic E-state index is 0.0528. The average Bonchev–Trinajstić information content (AvgIpc) is 3.23. The molecule has 0 spiro atoms. The summed E-state index contributed by atoms with van der Waals surface area (Å²) in [7, 11) is 3.77. The first-order valence-electron chi connectivity index (χ1n) is 10.6. The van der Waals surface area contributed by atoms with E-state index in [0.717, 1.165) is 33.6 Å². The molecule has 5 rings (SSSR count). The van der Waals surface area contributed by atoms with Gasteiger partial charge in [-0.15, -0.1) is 0 Å². The highest BCUT2D eigenvalue weighted by Gasteiger charge is 2.31. The predicted octanol–water partition coefficient (Wildman–Crippen LogP) is 6.16. The monoisotopic (exact) mass is 476 g/mol. The summed E-state index contributed by atoms with van der Waals surface area (Å²) in [6.45, 7) is 0. The van der Waals surface area contributed by atoms with Crippen molar-refractivity contribution in [1.29, 1.82) is 0 Å². The third kappa shape index (κ3) is 3.99. The van der Waals surface area contributed by atoms with Crippen molar-refractivity contribution >= 4 is 34.9 Å². The Morgan fingerprint density at radius 3 is 2.39 bits per heavy atom. The number of aromatic nitrogens is 2. The molecular formula is C26H22Cl2N4O. The van der Waals surface area contributed by atoms with Crippen LogP contribution in [0.2, 0.25) is 10.0 Å². The van der Waals surface area contributed by atoms with Crippen molar-refractivity contribution in [3.8, 4) is 0 Å². The highest BCUT2D eigenvalue weighted by atomic mass is 35.5. The fourth-order valence-corrected chi connectivity index (χ4v) is 4.81. The van der Waals surface area contributed by atoms with Crippen molar-refractivity contribution in [3.63, 3.8) is 0 Å². The van der Waals surface area contributed by atoms with Crippen LogP contribution in [0.1, 0.15) is 39.9 Å². The molecule has 5 nitrogen and oxygen atoms in total. The number of aryl methyl sites for hydroxylation is 1. The second-order valence-electron chi connectivity index (χ2n) is 8.23. The molecule has 1 N–H and O–H groups in total. The quantitative estimate of drug-likeness (QED) is 0.383. The summed E-state index contributed by atoms with van der Waals surface area (Å²) >= 11 is 12.4. The van der Waals surface area contributed by atoms with E-state index in [1.807, 2.05) is 72.4 Å². The van der Waals surface area contributed by atoms with E-state index in [4.69, 9.17) is 23.2 Å². The Hall–Kier alpha value is -3.28. The topological polar surface area (TPSA) is 50.2 Å². The Balaban J connectivity index is 1.68. The summed E-state index contributed by atoms with van der Waals surface area (Å²) < 4.78 is 2.03. The van der Waals surface area contributed by atoms with Crippen LogP contribution in [-0.2, 0) is 7.05 Å². The zero-order chi connectivity index (χ0) is 23.1. The SMILES string of the molecule is CN1C(=O)NC(c2cccc(Cl)c2)c2cc(C(c3ccc(Cl)cc3)c3cncn3C)ccc21. The van der Waals surface area contributed by atoms with Gasteiger partial charge in [0, 0.05) is 41.6 Å². The summed E-state index contributed by atoms with van der Waals surface area (Å²) in [5, 5.41) is 4.44. The largest absolute Gasteiger partial charge is 0.337 e. The van der Waals surface area contributed by atoms with Crippen LogP contribution in [0.3, 0.4) is 0 Å². The number of urea groups is 1. The molecule has 0 radical (unpaired) electrons. The Kier molecular flexibility index (Phi) is 5.60. The highest BCUT2D eigenvalue weighted by Crippen LogP contribution is 2.40. The van der Waals surface area contributed by atoms with Crippen LogP contribution in [0.5, 0.6) is 0 Å². The van der Waals surface area contributed by atoms with Gasteiger partial charge in [-0.05, 0) is 47.0 Å². The van der Waals surface area contributed by atoms with E-state index in [2.05, 4.69) is 22.4 Å². The van der Waals surface area contributed by atoms with Gasteiger partial charge in [0.05, 0.1) is 24.0 Å². The van der Waals surface area contributed by atoms with Crippen LogP contribution < -0.4 is 10.2 Å². The number of carbonyl (C=O) groups is 1. The van der Waals surface area contributed by atoms with Crippen LogP contribution in [0.15, 0.2) is 79.3 Å². The van der Waals surface area contributed by atoms with Crippen molar-refractivity contribution in [2.45, 2.75) is 12.0 Å². The number of carbonyl (C=O) groups excluding carboxylic acids is 1. The highest BCUT2D eigenvalue weighted by molar-refractivity contribution is 6.30. The molecule has 1 aromatic heterocycles. The second-order valence-corrected chi connectivity index (χ2v) is 9.10. The van der Waals surface area contributed by atoms with Crippen LogP contribution in [0.4, 0.5) is 10.5 Å². The van der Waals surface area contributed by atoms with Gasteiger partial charge in [-0.3, -0.25) is 4.90 Å². The lowest BCUT2D eigenvalue weighted by molar-refractivity contribution is 0.244. The molecule has 2 unspecified atom stereocenters. The van der Waals surface area contributed by atoms with E-state index in [9.17, 15) is 4.79 Å². The lowest BCUT2D eigenvalue weighted by Gasteiger charge is -2.34. The summed E-state index contributed by atoms with van der Waals surface area (Å²) in [6, 6.07) is 21.3. The van der Waals surface area contributed by atoms with Crippen LogP contribution >= 0.6 is 23.2 Å². The van der Waals surface area contributed by atoms with Crippen LogP contribution in [-0.4, -0.2) is 22.6 Å². The fraction of sp³-hybridized carbons (Fsp3) is 0.154. The molecule has 4 aromatic rings. The van der Waals surface area contributed by atoms with Gasteiger partial charge in [-0.25, -0.2) is 9.78 Å². The minimum atomic E-state index is -0.306. The molecule has 3 aromatic carbocycles. The molecule has 1 aliphatic heterocycles. The van der Waals surface area contributed by atoms with Gasteiger partial charge in [-0.1, -0.05) is 59.6 Å². The van der Waals surface area contributed by atoms with E-state index >= 15 is 0 Å². The molecule has 2 amide bonds. The summed E-state index contributed by atoms with van der Waals surface area (Å²) in [5.74, 6) is -0.0528. The Labute approximate surface area is 202 Å². The van der Waals surface area contributed by atoms with E-state index < -0.39 is 0 Å². The fourth-order valence-electron chi connectivity index (χ4n) is 4.48. The average molecular weight is 477 g/mol. The first kappa shape index (κ1) is 21.6. The molecule has 0 saturated heterocycles. The molecule has 0 saturated carbocycles. The lowest BCUT2D eigenvalue weighted by Crippen LogP contribution is -2.44. The van der Waals surface area contributed by atoms with Crippen LogP contribution in [0.25, 0.3) is 0 Å². The molecule has 0 aliphatic carbocycles. The smallest absolute Gasteiger partial charge is 0.322 e. The van der Waals surface area contributed by atoms with Gasteiger partial charge in [0.15, 0.2) is 0 Å². The summed E-state index contributed by atoms with van der Waals surface area (Å²) in [6.07, 6.45) is 3.69. The normalized spacial score (nSPS) is 16.3. The van der Waals surface area contributed by atoms with Crippen molar-refractivity contribution < 1.29 is 4.79 Å². The number of amides is 2. The van der Waals surface area contributed by atoms with Gasteiger partial charge in [0.1, 0.15) is 0 Å². The Bertz CT molecular complexity index is 1330. The standard InChI is InChI=1S/C26H22Cl2N4O/c1-31-15-29-14-23(31)24(16-6-9-19(27)10-7-16)17-8-11-22-21(13-17)25(30-26(33)32(22)2)18-4-3-5-20(28)12-18/h3-15,24-25H,1-2H3,(H,30,33). The third-order valence-corrected chi connectivity index (χ3v) is 6.65. The minimum Gasteiger partial charge on any atom is -0.337 e. The number of nitrogens with zero attached hydrogens (tertiary/aromatic N) is 3. The maximum Gasteiger partial charge on any atom is 0.322 e. The summed E-state index contributed by atoms with van der Waals surface area (Å²) in [5.41, 5.74) is 6.08. The van der Waals surface area contributed by atoms with Crippen molar-refractivity contribution in [3.05, 3.63) is 117 Å². The maximum absolute atomic E-state index is 12.7. The molecule has 7 heteroatoms. The van der Waals surface area contributed by atoms with Crippen LogP contribution in [0, 0.1) is 0 Å². The van der Waals surface area contributed by atoms with E-state index in [1.54, 1.807) is 18.3 Å². The molecule has 2 atom stereocenters. The Morgan fingerprint density at radius 2 is 1.70 bits per heavy atom. The lowest BCUT2D eigenvalue weighted by atomic mass is 9.85. The molecule has 0 fully saturated rings. The Morgan fingerprint density at radius 1 is 0.939 bits per heavy atom. The number of hydrogen-bond donors (Lipinski definition) is 1. The number of imidazole rings is 1.